The zero-order chi connectivity index (χ0) is 38.0. The Kier molecular flexibility index (Phi) is 9.20. The number of rotatable bonds is 6. The maximum absolute atomic E-state index is 14.9. The Bertz CT molecular complexity index is 2060. The second-order valence-electron chi connectivity index (χ2n) is 16.4. The molecule has 11 nitrogen and oxygen atoms in total. The third kappa shape index (κ3) is 6.94. The quantitative estimate of drug-likeness (QED) is 0.196. The lowest BCUT2D eigenvalue weighted by atomic mass is 9.86. The summed E-state index contributed by atoms with van der Waals surface area (Å²) >= 11 is 0. The van der Waals surface area contributed by atoms with E-state index in [0.29, 0.717) is 35.7 Å². The molecule has 2 saturated heterocycles. The van der Waals surface area contributed by atoms with Gasteiger partial charge in [-0.2, -0.15) is 0 Å². The average molecular weight is 745 g/mol. The monoisotopic (exact) mass is 744 g/mol. The largest absolute Gasteiger partial charge is 0.497 e. The highest BCUT2D eigenvalue weighted by Crippen LogP contribution is 2.53. The Morgan fingerprint density at radius 2 is 1.70 bits per heavy atom. The molecule has 53 heavy (non-hydrogen) atoms. The van der Waals surface area contributed by atoms with Crippen molar-refractivity contribution in [1.29, 1.82) is 0 Å². The molecule has 3 aliphatic rings. The van der Waals surface area contributed by atoms with Gasteiger partial charge in [0.2, 0.25) is 0 Å². The van der Waals surface area contributed by atoms with Crippen LogP contribution in [0.4, 0.5) is 25.0 Å². The average Bonchev–Trinajstić information content (AvgIpc) is 3.88. The van der Waals surface area contributed by atoms with Crippen LogP contribution < -0.4 is 15.0 Å². The van der Waals surface area contributed by atoms with Gasteiger partial charge in [-0.05, 0) is 75.4 Å². The van der Waals surface area contributed by atoms with Crippen molar-refractivity contribution in [2.75, 3.05) is 30.4 Å². The maximum atomic E-state index is 14.9. The summed E-state index contributed by atoms with van der Waals surface area (Å²) in [6.07, 6.45) is 6.39. The number of hydrogen-bond donors (Lipinski definition) is 1. The van der Waals surface area contributed by atoms with Crippen LogP contribution in [0, 0.1) is 23.5 Å². The zero-order valence-corrected chi connectivity index (χ0v) is 32.4. The molecule has 7 rings (SSSR count). The molecule has 1 aliphatic carbocycles. The molecule has 14 heteroatoms. The van der Waals surface area contributed by atoms with Crippen molar-refractivity contribution < 1.29 is 32.3 Å². The van der Waals surface area contributed by atoms with Crippen molar-refractivity contribution in [3.8, 4) is 16.9 Å². The Morgan fingerprint density at radius 1 is 0.981 bits per heavy atom. The first-order valence-electron chi connectivity index (χ1n) is 18.0. The van der Waals surface area contributed by atoms with Gasteiger partial charge in [-0.25, -0.2) is 18.6 Å². The van der Waals surface area contributed by atoms with Crippen LogP contribution in [0.1, 0.15) is 64.9 Å². The summed E-state index contributed by atoms with van der Waals surface area (Å²) in [5.74, 6) is -1.40. The van der Waals surface area contributed by atoms with Gasteiger partial charge < -0.3 is 28.7 Å². The van der Waals surface area contributed by atoms with Gasteiger partial charge in [-0.15, -0.1) is 0 Å². The second kappa shape index (κ2) is 13.3. The second-order valence-corrected chi connectivity index (χ2v) is 20.6. The van der Waals surface area contributed by atoms with Gasteiger partial charge in [0.25, 0.3) is 5.91 Å². The number of amides is 2. The van der Waals surface area contributed by atoms with Crippen molar-refractivity contribution in [3.05, 3.63) is 72.3 Å². The Hall–Kier alpha value is -4.69. The molecule has 2 amide bonds. The number of anilines is 2. The summed E-state index contributed by atoms with van der Waals surface area (Å²) in [4.78, 5) is 43.3. The molecule has 4 atom stereocenters. The van der Waals surface area contributed by atoms with E-state index in [1.165, 1.54) is 19.4 Å². The molecule has 280 valence electrons. The first-order chi connectivity index (χ1) is 25.0. The summed E-state index contributed by atoms with van der Waals surface area (Å²) in [6.45, 7) is 15.4. The van der Waals surface area contributed by atoms with E-state index in [-0.39, 0.29) is 51.8 Å². The number of carbonyl (C=O) groups excluding carboxylic acids is 2. The molecule has 1 saturated carbocycles. The van der Waals surface area contributed by atoms with Gasteiger partial charge in [0.05, 0.1) is 53.4 Å². The smallest absolute Gasteiger partial charge is 0.404 e. The van der Waals surface area contributed by atoms with Gasteiger partial charge in [0, 0.05) is 49.1 Å². The molecular weight excluding hydrogens is 699 g/mol. The van der Waals surface area contributed by atoms with Crippen molar-refractivity contribution in [1.82, 2.24) is 19.5 Å². The third-order valence-corrected chi connectivity index (χ3v) is 15.7. The van der Waals surface area contributed by atoms with Crippen LogP contribution >= 0.6 is 0 Å². The number of benzene rings is 1. The van der Waals surface area contributed by atoms with Crippen LogP contribution in [0.25, 0.3) is 22.2 Å². The van der Waals surface area contributed by atoms with E-state index in [1.807, 2.05) is 31.4 Å². The molecule has 0 radical (unpaired) electrons. The van der Waals surface area contributed by atoms with Gasteiger partial charge in [0.15, 0.2) is 0 Å². The maximum Gasteiger partial charge on any atom is 0.404 e. The number of carbonyl (C=O) groups is 2. The number of methoxy groups -OCH3 is 1. The SMILES string of the molecule is COc1cc(F)c(-c2cnc3ccc(C(=O)Nc4cnccc4N4C[C@H](C5CC5)[C@H]5O[Si](C)(C(C)(C)C)N(C(=O)OC(C)(C)C)[C@@H]5C4)nc3c2)c(F)c1. The Balaban J connectivity index is 1.19. The van der Waals surface area contributed by atoms with E-state index >= 15 is 0 Å². The zero-order valence-electron chi connectivity index (χ0n) is 31.4. The fraction of sp³-hybridized carbons (Fsp3) is 0.462. The minimum atomic E-state index is -2.85. The first kappa shape index (κ1) is 36.7. The summed E-state index contributed by atoms with van der Waals surface area (Å²) in [6, 6.07) is 8.51. The molecule has 1 N–H and O–H groups in total. The van der Waals surface area contributed by atoms with Gasteiger partial charge in [0.1, 0.15) is 28.7 Å². The highest BCUT2D eigenvalue weighted by molar-refractivity contribution is 6.75. The summed E-state index contributed by atoms with van der Waals surface area (Å²) in [5.41, 5.74) is 1.31. The fourth-order valence-electron chi connectivity index (χ4n) is 7.54. The van der Waals surface area contributed by atoms with E-state index in [4.69, 9.17) is 13.9 Å². The molecular formula is C39H46F2N6O5Si. The predicted octanol–water partition coefficient (Wildman–Crippen LogP) is 7.95. The molecule has 4 aromatic rings. The molecule has 2 aliphatic heterocycles. The van der Waals surface area contributed by atoms with Crippen LogP contribution in [0.3, 0.4) is 0 Å². The molecule has 3 fully saturated rings. The van der Waals surface area contributed by atoms with Crippen LogP contribution in [0.2, 0.25) is 11.6 Å². The lowest BCUT2D eigenvalue weighted by molar-refractivity contribution is 0.0276. The minimum absolute atomic E-state index is 0.0546. The van der Waals surface area contributed by atoms with Crippen LogP contribution in [0.15, 0.2) is 55.0 Å². The van der Waals surface area contributed by atoms with E-state index in [9.17, 15) is 18.4 Å². The number of fused-ring (bicyclic) bond motifs is 2. The molecule has 0 bridgehead atoms. The minimum Gasteiger partial charge on any atom is -0.497 e. The van der Waals surface area contributed by atoms with Gasteiger partial charge >= 0.3 is 14.6 Å². The number of hydrogen-bond acceptors (Lipinski definition) is 9. The Morgan fingerprint density at radius 3 is 2.34 bits per heavy atom. The highest BCUT2D eigenvalue weighted by Gasteiger charge is 2.65. The van der Waals surface area contributed by atoms with Crippen LogP contribution in [-0.4, -0.2) is 77.9 Å². The number of halogens is 2. The topological polar surface area (TPSA) is 119 Å². The number of aromatic nitrogens is 3. The first-order valence-corrected chi connectivity index (χ1v) is 20.3. The number of pyridine rings is 3. The van der Waals surface area contributed by atoms with E-state index < -0.39 is 31.6 Å². The summed E-state index contributed by atoms with van der Waals surface area (Å²) in [5, 5.41) is 2.72. The number of piperidine rings is 1. The highest BCUT2D eigenvalue weighted by atomic mass is 28.4. The third-order valence-electron chi connectivity index (χ3n) is 10.7. The molecule has 5 heterocycles. The van der Waals surface area contributed by atoms with E-state index in [0.717, 1.165) is 30.7 Å². The van der Waals surface area contributed by atoms with Crippen LogP contribution in [-0.2, 0) is 9.16 Å². The summed E-state index contributed by atoms with van der Waals surface area (Å²) < 4.78 is 49.9. The molecule has 3 aromatic heterocycles. The number of nitrogens with zero attached hydrogens (tertiary/aromatic N) is 5. The fourth-order valence-corrected chi connectivity index (χ4v) is 10.8. The summed E-state index contributed by atoms with van der Waals surface area (Å²) in [7, 11) is -1.52. The normalized spacial score (nSPS) is 23.2. The standard InChI is InChI=1S/C39H46F2N6O5Si/c1-38(2,3)51-37(49)47-33-21-46(20-25(22-9-10-22)35(33)52-53(47,8)39(4,5)6)32-13-14-42-19-31(32)45-36(48)29-12-11-28-30(44-29)15-23(18-43-28)34-26(40)16-24(50-7)17-27(34)41/h11-19,22,25,33,35H,9-10,20-21H2,1-8H3,(H,45,48)/t25-,33-,35-,53?/m1/s1. The molecule has 0 spiro atoms. The van der Waals surface area contributed by atoms with Crippen molar-refractivity contribution in [2.24, 2.45) is 11.8 Å². The lowest BCUT2D eigenvalue weighted by Crippen LogP contribution is -2.62. The van der Waals surface area contributed by atoms with Crippen molar-refractivity contribution in [3.63, 3.8) is 0 Å². The van der Waals surface area contributed by atoms with Crippen LogP contribution in [0.5, 0.6) is 5.75 Å². The van der Waals surface area contributed by atoms with E-state index in [1.54, 1.807) is 24.5 Å². The lowest BCUT2D eigenvalue weighted by Gasteiger charge is -2.45. The Labute approximate surface area is 309 Å². The van der Waals surface area contributed by atoms with Crippen molar-refractivity contribution >= 4 is 42.9 Å². The van der Waals surface area contributed by atoms with Gasteiger partial charge in [-0.1, -0.05) is 20.8 Å². The predicted molar refractivity (Wildman–Crippen MR) is 200 cm³/mol. The van der Waals surface area contributed by atoms with E-state index in [2.05, 4.69) is 52.5 Å². The molecule has 1 aromatic carbocycles. The molecule has 1 unspecified atom stereocenters. The van der Waals surface area contributed by atoms with Gasteiger partial charge in [-0.3, -0.25) is 14.8 Å². The van der Waals surface area contributed by atoms with Crippen molar-refractivity contribution in [2.45, 2.75) is 83.7 Å². The number of ether oxygens (including phenoxy) is 2. The number of nitrogens with one attached hydrogen (secondary N) is 1.